The smallest absolute Gasteiger partial charge is 0.456 e. The van der Waals surface area contributed by atoms with Crippen molar-refractivity contribution in [3.05, 3.63) is 46.3 Å². The summed E-state index contributed by atoms with van der Waals surface area (Å²) in [7, 11) is 0. The molecule has 1 heterocycles. The van der Waals surface area contributed by atoms with Gasteiger partial charge in [-0.15, -0.1) is 0 Å². The summed E-state index contributed by atoms with van der Waals surface area (Å²) in [6, 6.07) is 6.50. The van der Waals surface area contributed by atoms with E-state index in [0.29, 0.717) is 0 Å². The number of nitrogens with zero attached hydrogens (tertiary/aromatic N) is 4. The number of ether oxygens (including phenoxy) is 1. The zero-order valence-electron chi connectivity index (χ0n) is 14.9. The maximum atomic E-state index is 12.7. The molecule has 1 aliphatic heterocycles. The number of rotatable bonds is 4. The molecule has 1 saturated heterocycles. The molecule has 9 heteroatoms. The summed E-state index contributed by atoms with van der Waals surface area (Å²) in [5.41, 5.74) is 8.51. The number of likely N-dealkylation sites (tertiary alicyclic amines) is 1. The Morgan fingerprint density at radius 1 is 1.35 bits per heavy atom. The van der Waals surface area contributed by atoms with Crippen molar-refractivity contribution < 1.29 is 29.0 Å². The summed E-state index contributed by atoms with van der Waals surface area (Å²) in [6.07, 6.45) is -2.74. The zero-order valence-corrected chi connectivity index (χ0v) is 14.9. The second-order valence-corrected chi connectivity index (χ2v) is 7.31. The van der Waals surface area contributed by atoms with Crippen molar-refractivity contribution in [2.75, 3.05) is 6.54 Å². The summed E-state index contributed by atoms with van der Waals surface area (Å²) < 4.78 is 4.52. The fourth-order valence-electron chi connectivity index (χ4n) is 3.47. The molecule has 0 aliphatic carbocycles. The van der Waals surface area contributed by atoms with Gasteiger partial charge >= 0.3 is 12.1 Å². The third-order valence-electron chi connectivity index (χ3n) is 4.87. The number of aliphatic hydroxyl groups excluding tert-OH is 1. The molecule has 1 aliphatic rings. The van der Waals surface area contributed by atoms with Gasteiger partial charge in [0, 0.05) is 4.91 Å². The lowest BCUT2D eigenvalue weighted by Gasteiger charge is -2.43. The van der Waals surface area contributed by atoms with E-state index in [1.54, 1.807) is 45.0 Å². The van der Waals surface area contributed by atoms with Gasteiger partial charge in [0.1, 0.15) is 30.8 Å². The summed E-state index contributed by atoms with van der Waals surface area (Å²) >= 11 is 0. The molecule has 0 radical (unpaired) electrons. The molecule has 1 aromatic rings. The van der Waals surface area contributed by atoms with Gasteiger partial charge in [-0.25, -0.2) is 9.28 Å². The highest BCUT2D eigenvalue weighted by Crippen LogP contribution is 2.39. The predicted molar refractivity (Wildman–Crippen MR) is 91.9 cm³/mol. The van der Waals surface area contributed by atoms with Crippen LogP contribution in [0.2, 0.25) is 0 Å². The summed E-state index contributed by atoms with van der Waals surface area (Å²) in [4.78, 5) is 27.6. The maximum absolute atomic E-state index is 12.7. The molecule has 1 amide bonds. The standard InChI is InChI=1S/C17H22N4O5/c1-17(2,3)21(16(24)25)9-12(19-20-18)14(22)13(21)15(23)26-10-11-7-5-4-6-8-11/h4-8,12-14,22H,9-10H2,1-3H3/p+1/t12-,13+,14+,21?/m1/s1. The Bertz CT molecular complexity index is 726. The number of carbonyl (C=O) groups is 2. The Balaban J connectivity index is 2.37. The molecule has 0 spiro atoms. The van der Waals surface area contributed by atoms with Crippen LogP contribution >= 0.6 is 0 Å². The minimum absolute atomic E-state index is 0.0428. The normalized spacial score (nSPS) is 28.2. The predicted octanol–water partition coefficient (Wildman–Crippen LogP) is 2.45. The van der Waals surface area contributed by atoms with E-state index >= 15 is 0 Å². The Morgan fingerprint density at radius 2 is 1.96 bits per heavy atom. The van der Waals surface area contributed by atoms with Gasteiger partial charge in [0.15, 0.2) is 0 Å². The quantitative estimate of drug-likeness (QED) is 0.279. The van der Waals surface area contributed by atoms with E-state index in [1.165, 1.54) is 0 Å². The second kappa shape index (κ2) is 7.33. The largest absolute Gasteiger partial charge is 0.514 e. The summed E-state index contributed by atoms with van der Waals surface area (Å²) in [6.45, 7) is 4.73. The fourth-order valence-corrected chi connectivity index (χ4v) is 3.47. The van der Waals surface area contributed by atoms with E-state index in [-0.39, 0.29) is 13.2 Å². The molecule has 1 aromatic carbocycles. The summed E-state index contributed by atoms with van der Waals surface area (Å²) in [5, 5.41) is 24.0. The van der Waals surface area contributed by atoms with E-state index in [1.807, 2.05) is 6.07 Å². The van der Waals surface area contributed by atoms with Gasteiger partial charge in [0.25, 0.3) is 0 Å². The zero-order chi connectivity index (χ0) is 19.5. The maximum Gasteiger partial charge on any atom is 0.514 e. The monoisotopic (exact) mass is 363 g/mol. The van der Waals surface area contributed by atoms with Crippen molar-refractivity contribution >= 4 is 12.1 Å². The van der Waals surface area contributed by atoms with Crippen molar-refractivity contribution in [1.29, 1.82) is 0 Å². The molecule has 0 bridgehead atoms. The van der Waals surface area contributed by atoms with E-state index in [9.17, 15) is 19.8 Å². The minimum atomic E-state index is -1.45. The van der Waals surface area contributed by atoms with Gasteiger partial charge in [0.05, 0.1) is 0 Å². The van der Waals surface area contributed by atoms with Crippen LogP contribution < -0.4 is 0 Å². The first-order valence-corrected chi connectivity index (χ1v) is 8.19. The SMILES string of the molecule is CC(C)(C)[N+]1(C(=O)O)C[C@@H](N=[N+]=[N-])[C@H](O)[C@H]1C(=O)OCc1ccccc1. The topological polar surface area (TPSA) is 133 Å². The van der Waals surface area contributed by atoms with Gasteiger partial charge in [-0.05, 0) is 31.9 Å². The molecule has 2 rings (SSSR count). The molecule has 26 heavy (non-hydrogen) atoms. The lowest BCUT2D eigenvalue weighted by molar-refractivity contribution is -0.908. The van der Waals surface area contributed by atoms with E-state index in [2.05, 4.69) is 10.0 Å². The number of carbonyl (C=O) groups excluding carboxylic acids is 1. The Hall–Kier alpha value is -2.61. The highest BCUT2D eigenvalue weighted by molar-refractivity contribution is 5.78. The van der Waals surface area contributed by atoms with Gasteiger partial charge < -0.3 is 14.9 Å². The number of benzene rings is 1. The first-order valence-electron chi connectivity index (χ1n) is 8.19. The number of aliphatic hydroxyl groups is 1. The fraction of sp³-hybridized carbons (Fsp3) is 0.529. The van der Waals surface area contributed by atoms with Crippen LogP contribution in [-0.4, -0.2) is 57.0 Å². The van der Waals surface area contributed by atoms with Crippen molar-refractivity contribution in [1.82, 2.24) is 0 Å². The van der Waals surface area contributed by atoms with E-state index < -0.39 is 40.3 Å². The van der Waals surface area contributed by atoms with Crippen molar-refractivity contribution in [3.63, 3.8) is 0 Å². The van der Waals surface area contributed by atoms with Crippen molar-refractivity contribution in [3.8, 4) is 0 Å². The van der Waals surface area contributed by atoms with E-state index in [0.717, 1.165) is 5.56 Å². The van der Waals surface area contributed by atoms with Crippen LogP contribution in [0.15, 0.2) is 35.4 Å². The molecular formula is C17H23N4O5+. The van der Waals surface area contributed by atoms with Gasteiger partial charge in [-0.1, -0.05) is 35.4 Å². The lowest BCUT2D eigenvalue weighted by atomic mass is 9.99. The molecule has 140 valence electrons. The molecule has 0 saturated carbocycles. The Kier molecular flexibility index (Phi) is 5.56. The van der Waals surface area contributed by atoms with E-state index in [4.69, 9.17) is 10.3 Å². The Labute approximate surface area is 151 Å². The number of carboxylic acid groups (broad SMARTS) is 1. The minimum Gasteiger partial charge on any atom is -0.456 e. The molecule has 9 nitrogen and oxygen atoms in total. The summed E-state index contributed by atoms with van der Waals surface area (Å²) in [5.74, 6) is -0.839. The Morgan fingerprint density at radius 3 is 2.46 bits per heavy atom. The van der Waals surface area contributed by atoms with Crippen LogP contribution in [0.3, 0.4) is 0 Å². The third kappa shape index (κ3) is 3.37. The number of hydrogen-bond donors (Lipinski definition) is 2. The van der Waals surface area contributed by atoms with Crippen LogP contribution in [0.5, 0.6) is 0 Å². The van der Waals surface area contributed by atoms with Crippen LogP contribution in [0.1, 0.15) is 26.3 Å². The van der Waals surface area contributed by atoms with Crippen molar-refractivity contribution in [2.24, 2.45) is 5.11 Å². The van der Waals surface area contributed by atoms with Crippen molar-refractivity contribution in [2.45, 2.75) is 51.1 Å². The molecule has 2 N–H and O–H groups in total. The average Bonchev–Trinajstić information content (AvgIpc) is 2.88. The van der Waals surface area contributed by atoms with Crippen LogP contribution in [0, 0.1) is 0 Å². The number of amides is 1. The van der Waals surface area contributed by atoms with Gasteiger partial charge in [-0.2, -0.15) is 4.79 Å². The molecule has 1 unspecified atom stereocenters. The first kappa shape index (κ1) is 19.7. The second-order valence-electron chi connectivity index (χ2n) is 7.31. The number of quaternary nitrogens is 1. The van der Waals surface area contributed by atoms with Crippen LogP contribution in [0.4, 0.5) is 4.79 Å². The molecular weight excluding hydrogens is 340 g/mol. The number of hydrogen-bond acceptors (Lipinski definition) is 5. The molecule has 1 fully saturated rings. The highest BCUT2D eigenvalue weighted by Gasteiger charge is 2.67. The van der Waals surface area contributed by atoms with Gasteiger partial charge in [0.2, 0.25) is 6.04 Å². The highest BCUT2D eigenvalue weighted by atomic mass is 16.5. The number of azide groups is 1. The average molecular weight is 363 g/mol. The lowest BCUT2D eigenvalue weighted by Crippen LogP contribution is -2.69. The molecule has 4 atom stereocenters. The van der Waals surface area contributed by atoms with Gasteiger partial charge in [-0.3, -0.25) is 0 Å². The first-order chi connectivity index (χ1) is 12.1. The third-order valence-corrected chi connectivity index (χ3v) is 4.87. The molecule has 0 aromatic heterocycles. The van der Waals surface area contributed by atoms with Crippen LogP contribution in [0.25, 0.3) is 10.4 Å². The number of esters is 1. The van der Waals surface area contributed by atoms with Crippen LogP contribution in [-0.2, 0) is 16.1 Å².